The molecule has 0 atom stereocenters. The van der Waals surface area contributed by atoms with E-state index in [1.54, 1.807) is 0 Å². The van der Waals surface area contributed by atoms with Gasteiger partial charge in [0.1, 0.15) is 0 Å². The van der Waals surface area contributed by atoms with Crippen molar-refractivity contribution in [2.45, 2.75) is 38.5 Å². The van der Waals surface area contributed by atoms with E-state index in [4.69, 9.17) is 4.98 Å². The predicted molar refractivity (Wildman–Crippen MR) is 116 cm³/mol. The topological polar surface area (TPSA) is 53.5 Å². The number of piperidine rings is 1. The number of amides is 2. The van der Waals surface area contributed by atoms with Gasteiger partial charge < -0.3 is 9.80 Å². The van der Waals surface area contributed by atoms with Crippen molar-refractivity contribution in [3.05, 3.63) is 63.4 Å². The predicted octanol–water partition coefficient (Wildman–Crippen LogP) is 4.41. The van der Waals surface area contributed by atoms with Gasteiger partial charge >= 0.3 is 0 Å². The van der Waals surface area contributed by atoms with E-state index in [0.29, 0.717) is 18.7 Å². The molecule has 2 amide bonds. The van der Waals surface area contributed by atoms with Crippen LogP contribution in [-0.2, 0) is 0 Å². The molecule has 0 unspecified atom stereocenters. The fourth-order valence-corrected chi connectivity index (χ4v) is 4.55. The normalized spacial score (nSPS) is 17.6. The molecule has 0 bridgehead atoms. The lowest BCUT2D eigenvalue weighted by Crippen LogP contribution is -2.38. The number of carbonyl (C=O) groups is 2. The summed E-state index contributed by atoms with van der Waals surface area (Å²) >= 11 is 3.41. The van der Waals surface area contributed by atoms with Gasteiger partial charge in [-0.3, -0.25) is 14.6 Å². The zero-order valence-corrected chi connectivity index (χ0v) is 18.3. The molecule has 6 heteroatoms. The summed E-state index contributed by atoms with van der Waals surface area (Å²) < 4.78 is 0.966. The largest absolute Gasteiger partial charge is 0.339 e. The second kappa shape index (κ2) is 8.66. The summed E-state index contributed by atoms with van der Waals surface area (Å²) in [4.78, 5) is 34.4. The Bertz CT molecular complexity index is 899. The van der Waals surface area contributed by atoms with E-state index in [-0.39, 0.29) is 17.7 Å². The molecule has 4 rings (SSSR count). The molecule has 0 radical (unpaired) electrons. The number of halogens is 1. The highest BCUT2D eigenvalue weighted by atomic mass is 79.9. The first-order chi connectivity index (χ1) is 14.0. The number of likely N-dealkylation sites (tertiary alicyclic amines) is 2. The van der Waals surface area contributed by atoms with Crippen LogP contribution in [0.1, 0.15) is 63.7 Å². The first-order valence-corrected chi connectivity index (χ1v) is 11.1. The second-order valence-corrected chi connectivity index (χ2v) is 8.87. The van der Waals surface area contributed by atoms with Crippen LogP contribution in [0.3, 0.4) is 0 Å². The zero-order chi connectivity index (χ0) is 20.4. The Balaban J connectivity index is 1.48. The number of aromatic nitrogens is 1. The SMILES string of the molecule is Cc1ccc(C(=O)N2CCCC2)c(C2CCN(C(=O)c3ccc(Br)cc3)CC2)n1. The third-order valence-electron chi connectivity index (χ3n) is 5.95. The number of benzene rings is 1. The van der Waals surface area contributed by atoms with Crippen LogP contribution < -0.4 is 0 Å². The minimum Gasteiger partial charge on any atom is -0.339 e. The van der Waals surface area contributed by atoms with Gasteiger partial charge in [0.2, 0.25) is 0 Å². The molecular formula is C23H26BrN3O2. The smallest absolute Gasteiger partial charge is 0.255 e. The number of hydrogen-bond acceptors (Lipinski definition) is 3. The van der Waals surface area contributed by atoms with Crippen LogP contribution >= 0.6 is 15.9 Å². The summed E-state index contributed by atoms with van der Waals surface area (Å²) in [5, 5.41) is 0. The van der Waals surface area contributed by atoms with Crippen molar-refractivity contribution < 1.29 is 9.59 Å². The molecule has 0 N–H and O–H groups in total. The molecule has 1 aromatic heterocycles. The van der Waals surface area contributed by atoms with E-state index in [1.807, 2.05) is 53.1 Å². The Labute approximate surface area is 180 Å². The summed E-state index contributed by atoms with van der Waals surface area (Å²) in [6, 6.07) is 11.4. The molecular weight excluding hydrogens is 430 g/mol. The van der Waals surface area contributed by atoms with Crippen LogP contribution in [0, 0.1) is 6.92 Å². The van der Waals surface area contributed by atoms with Gasteiger partial charge in [0, 0.05) is 47.8 Å². The quantitative estimate of drug-likeness (QED) is 0.688. The number of rotatable bonds is 3. The van der Waals surface area contributed by atoms with Gasteiger partial charge in [0.05, 0.1) is 11.3 Å². The first-order valence-electron chi connectivity index (χ1n) is 10.3. The van der Waals surface area contributed by atoms with E-state index in [0.717, 1.165) is 60.2 Å². The molecule has 1 aromatic carbocycles. The number of aryl methyl sites for hydroxylation is 1. The maximum atomic E-state index is 13.0. The lowest BCUT2D eigenvalue weighted by Gasteiger charge is -2.33. The van der Waals surface area contributed by atoms with Crippen LogP contribution in [-0.4, -0.2) is 52.8 Å². The Kier molecular flexibility index (Phi) is 5.99. The number of pyridine rings is 1. The van der Waals surface area contributed by atoms with E-state index in [2.05, 4.69) is 15.9 Å². The molecule has 2 aromatic rings. The zero-order valence-electron chi connectivity index (χ0n) is 16.7. The van der Waals surface area contributed by atoms with Gasteiger partial charge in [-0.15, -0.1) is 0 Å². The van der Waals surface area contributed by atoms with E-state index < -0.39 is 0 Å². The third-order valence-corrected chi connectivity index (χ3v) is 6.48. The Morgan fingerprint density at radius 1 is 0.897 bits per heavy atom. The second-order valence-electron chi connectivity index (χ2n) is 7.96. The van der Waals surface area contributed by atoms with Crippen molar-refractivity contribution in [1.82, 2.24) is 14.8 Å². The highest BCUT2D eigenvalue weighted by Crippen LogP contribution is 2.31. The van der Waals surface area contributed by atoms with Crippen LogP contribution in [0.4, 0.5) is 0 Å². The Morgan fingerprint density at radius 3 is 2.17 bits per heavy atom. The number of hydrogen-bond donors (Lipinski definition) is 0. The van der Waals surface area contributed by atoms with Gasteiger partial charge in [0.15, 0.2) is 0 Å². The molecule has 2 aliphatic heterocycles. The minimum absolute atomic E-state index is 0.0709. The summed E-state index contributed by atoms with van der Waals surface area (Å²) in [7, 11) is 0. The summed E-state index contributed by atoms with van der Waals surface area (Å²) in [6.45, 7) is 5.03. The Hall–Kier alpha value is -2.21. The van der Waals surface area contributed by atoms with Crippen molar-refractivity contribution in [3.8, 4) is 0 Å². The van der Waals surface area contributed by atoms with Crippen LogP contribution in [0.2, 0.25) is 0 Å². The summed E-state index contributed by atoms with van der Waals surface area (Å²) in [5.74, 6) is 0.394. The summed E-state index contributed by atoms with van der Waals surface area (Å²) in [5.41, 5.74) is 3.31. The van der Waals surface area contributed by atoms with E-state index >= 15 is 0 Å². The molecule has 2 aliphatic rings. The third kappa shape index (κ3) is 4.37. The van der Waals surface area contributed by atoms with Gasteiger partial charge in [0.25, 0.3) is 11.8 Å². The van der Waals surface area contributed by atoms with E-state index in [1.165, 1.54) is 0 Å². The van der Waals surface area contributed by atoms with Crippen molar-refractivity contribution in [1.29, 1.82) is 0 Å². The maximum absolute atomic E-state index is 13.0. The fraction of sp³-hybridized carbons (Fsp3) is 0.435. The minimum atomic E-state index is 0.0709. The molecule has 2 fully saturated rings. The molecule has 152 valence electrons. The lowest BCUT2D eigenvalue weighted by atomic mass is 9.89. The molecule has 3 heterocycles. The molecule has 5 nitrogen and oxygen atoms in total. The van der Waals surface area contributed by atoms with E-state index in [9.17, 15) is 9.59 Å². The summed E-state index contributed by atoms with van der Waals surface area (Å²) in [6.07, 6.45) is 3.83. The van der Waals surface area contributed by atoms with Crippen molar-refractivity contribution in [2.75, 3.05) is 26.2 Å². The van der Waals surface area contributed by atoms with Crippen LogP contribution in [0.25, 0.3) is 0 Å². The first kappa shape index (κ1) is 20.1. The monoisotopic (exact) mass is 455 g/mol. The van der Waals surface area contributed by atoms with Gasteiger partial charge in [-0.1, -0.05) is 15.9 Å². The van der Waals surface area contributed by atoms with Gasteiger partial charge in [-0.25, -0.2) is 0 Å². The standard InChI is InChI=1S/C23H26BrN3O2/c1-16-4-9-20(23(29)26-12-2-3-13-26)21(25-16)17-10-14-27(15-11-17)22(28)18-5-7-19(24)8-6-18/h4-9,17H,2-3,10-15H2,1H3. The van der Waals surface area contributed by atoms with Crippen molar-refractivity contribution >= 4 is 27.7 Å². The molecule has 2 saturated heterocycles. The average Bonchev–Trinajstić information content (AvgIpc) is 3.28. The highest BCUT2D eigenvalue weighted by molar-refractivity contribution is 9.10. The molecule has 29 heavy (non-hydrogen) atoms. The molecule has 0 spiro atoms. The van der Waals surface area contributed by atoms with Crippen LogP contribution in [0.15, 0.2) is 40.9 Å². The molecule has 0 aliphatic carbocycles. The average molecular weight is 456 g/mol. The molecule has 0 saturated carbocycles. The Morgan fingerprint density at radius 2 is 1.52 bits per heavy atom. The number of carbonyl (C=O) groups excluding carboxylic acids is 2. The van der Waals surface area contributed by atoms with Crippen molar-refractivity contribution in [3.63, 3.8) is 0 Å². The highest BCUT2D eigenvalue weighted by Gasteiger charge is 2.30. The van der Waals surface area contributed by atoms with Gasteiger partial charge in [-0.05, 0) is 69.0 Å². The maximum Gasteiger partial charge on any atom is 0.255 e. The lowest BCUT2D eigenvalue weighted by molar-refractivity contribution is 0.0707. The number of nitrogens with zero attached hydrogens (tertiary/aromatic N) is 3. The van der Waals surface area contributed by atoms with Gasteiger partial charge in [-0.2, -0.15) is 0 Å². The fourth-order valence-electron chi connectivity index (χ4n) is 4.29. The van der Waals surface area contributed by atoms with Crippen LogP contribution in [0.5, 0.6) is 0 Å². The van der Waals surface area contributed by atoms with Crippen molar-refractivity contribution in [2.24, 2.45) is 0 Å².